The molecular weight excluding hydrogens is 487 g/mol. The van der Waals surface area contributed by atoms with Crippen molar-refractivity contribution in [3.05, 3.63) is 46.7 Å². The summed E-state index contributed by atoms with van der Waals surface area (Å²) in [5.74, 6) is 1.41. The number of piperidine rings is 1. The third kappa shape index (κ3) is 5.75. The van der Waals surface area contributed by atoms with Gasteiger partial charge in [0.15, 0.2) is 0 Å². The van der Waals surface area contributed by atoms with Crippen molar-refractivity contribution in [3.63, 3.8) is 0 Å². The van der Waals surface area contributed by atoms with Gasteiger partial charge in [0, 0.05) is 15.9 Å². The van der Waals surface area contributed by atoms with E-state index < -0.39 is 0 Å². The van der Waals surface area contributed by atoms with Gasteiger partial charge >= 0.3 is 6.01 Å². The lowest BCUT2D eigenvalue weighted by Gasteiger charge is -2.28. The Labute approximate surface area is 195 Å². The second kappa shape index (κ2) is 10.4. The summed E-state index contributed by atoms with van der Waals surface area (Å²) in [7, 11) is 3.66. The van der Waals surface area contributed by atoms with Crippen molar-refractivity contribution in [3.8, 4) is 11.8 Å². The second-order valence-corrected chi connectivity index (χ2v) is 8.46. The van der Waals surface area contributed by atoms with Crippen LogP contribution in [-0.4, -0.2) is 48.7 Å². The van der Waals surface area contributed by atoms with Crippen molar-refractivity contribution in [1.29, 1.82) is 0 Å². The average Bonchev–Trinajstić information content (AvgIpc) is 2.74. The number of methoxy groups -OCH3 is 1. The number of fused-ring (bicyclic) bond motifs is 1. The molecule has 0 spiro atoms. The molecule has 31 heavy (non-hydrogen) atoms. The summed E-state index contributed by atoms with van der Waals surface area (Å²) in [6, 6.07) is 10.7. The van der Waals surface area contributed by atoms with Gasteiger partial charge in [0.2, 0.25) is 0 Å². The highest BCUT2D eigenvalue weighted by atomic mass is 79.9. The van der Waals surface area contributed by atoms with E-state index in [1.165, 1.54) is 13.2 Å². The maximum Gasteiger partial charge on any atom is 0.318 e. The lowest BCUT2D eigenvalue weighted by Crippen LogP contribution is -2.32. The van der Waals surface area contributed by atoms with Gasteiger partial charge in [-0.1, -0.05) is 15.9 Å². The van der Waals surface area contributed by atoms with Gasteiger partial charge in [-0.15, -0.1) is 12.4 Å². The first-order valence-electron chi connectivity index (χ1n) is 9.91. The molecule has 1 aliphatic heterocycles. The Kier molecular flexibility index (Phi) is 7.91. The van der Waals surface area contributed by atoms with Crippen molar-refractivity contribution in [2.24, 2.45) is 5.92 Å². The molecule has 0 aliphatic carbocycles. The predicted molar refractivity (Wildman–Crippen MR) is 126 cm³/mol. The van der Waals surface area contributed by atoms with Crippen LogP contribution in [0.2, 0.25) is 0 Å². The molecule has 6 nitrogen and oxygen atoms in total. The van der Waals surface area contributed by atoms with E-state index in [1.54, 1.807) is 12.1 Å². The van der Waals surface area contributed by atoms with Crippen LogP contribution >= 0.6 is 28.3 Å². The molecule has 1 N–H and O–H groups in total. The SMILES string of the molecule is COc1nc(Nc2ccc(Br)cc2F)c2ccc(OCC3CCN(C)CC3)cc2n1.Cl. The molecule has 0 bridgehead atoms. The van der Waals surface area contributed by atoms with Crippen LogP contribution in [0.1, 0.15) is 12.8 Å². The number of nitrogens with one attached hydrogen (secondary N) is 1. The third-order valence-corrected chi connectivity index (χ3v) is 5.83. The molecule has 1 aromatic heterocycles. The largest absolute Gasteiger partial charge is 0.493 e. The number of hydrogen-bond acceptors (Lipinski definition) is 6. The van der Waals surface area contributed by atoms with Crippen LogP contribution < -0.4 is 14.8 Å². The zero-order chi connectivity index (χ0) is 21.1. The Balaban J connectivity index is 0.00000272. The molecule has 0 saturated carbocycles. The minimum Gasteiger partial charge on any atom is -0.493 e. The molecule has 1 aliphatic rings. The predicted octanol–water partition coefficient (Wildman–Crippen LogP) is 5.43. The summed E-state index contributed by atoms with van der Waals surface area (Å²) in [6.45, 7) is 2.91. The Morgan fingerprint density at radius 2 is 1.94 bits per heavy atom. The van der Waals surface area contributed by atoms with Crippen LogP contribution in [0.3, 0.4) is 0 Å². The summed E-state index contributed by atoms with van der Waals surface area (Å²) in [4.78, 5) is 11.1. The third-order valence-electron chi connectivity index (χ3n) is 5.34. The Hall–Kier alpha value is -2.16. The number of aromatic nitrogens is 2. The quantitative estimate of drug-likeness (QED) is 0.476. The molecule has 1 saturated heterocycles. The van der Waals surface area contributed by atoms with E-state index in [-0.39, 0.29) is 24.2 Å². The number of benzene rings is 2. The lowest BCUT2D eigenvalue weighted by molar-refractivity contribution is 0.160. The fourth-order valence-corrected chi connectivity index (χ4v) is 3.86. The number of rotatable bonds is 6. The van der Waals surface area contributed by atoms with Gasteiger partial charge in [-0.3, -0.25) is 0 Å². The molecule has 0 unspecified atom stereocenters. The first-order valence-corrected chi connectivity index (χ1v) is 10.7. The second-order valence-electron chi connectivity index (χ2n) is 7.54. The highest BCUT2D eigenvalue weighted by Crippen LogP contribution is 2.30. The van der Waals surface area contributed by atoms with Gasteiger partial charge < -0.3 is 19.7 Å². The van der Waals surface area contributed by atoms with E-state index >= 15 is 0 Å². The fraction of sp³-hybridized carbons (Fsp3) is 0.364. The Bertz CT molecular complexity index is 1050. The molecule has 0 radical (unpaired) electrons. The van der Waals surface area contributed by atoms with Crippen molar-refractivity contribution in [1.82, 2.24) is 14.9 Å². The van der Waals surface area contributed by atoms with Gasteiger partial charge in [-0.25, -0.2) is 4.39 Å². The van der Waals surface area contributed by atoms with Crippen LogP contribution in [0.15, 0.2) is 40.9 Å². The van der Waals surface area contributed by atoms with E-state index in [9.17, 15) is 4.39 Å². The summed E-state index contributed by atoms with van der Waals surface area (Å²) in [6.07, 6.45) is 2.29. The molecule has 4 rings (SSSR count). The molecule has 2 aromatic carbocycles. The van der Waals surface area contributed by atoms with Crippen molar-refractivity contribution in [2.45, 2.75) is 12.8 Å². The molecular formula is C22H25BrClFN4O2. The minimum atomic E-state index is -0.381. The molecule has 166 valence electrons. The minimum absolute atomic E-state index is 0. The zero-order valence-corrected chi connectivity index (χ0v) is 19.8. The van der Waals surface area contributed by atoms with E-state index in [2.05, 4.69) is 43.2 Å². The molecule has 3 aromatic rings. The van der Waals surface area contributed by atoms with Gasteiger partial charge in [-0.2, -0.15) is 9.97 Å². The highest BCUT2D eigenvalue weighted by Gasteiger charge is 2.18. The van der Waals surface area contributed by atoms with Crippen molar-refractivity contribution >= 4 is 50.7 Å². The lowest BCUT2D eigenvalue weighted by atomic mass is 9.98. The zero-order valence-electron chi connectivity index (χ0n) is 17.4. The van der Waals surface area contributed by atoms with Crippen LogP contribution in [0, 0.1) is 11.7 Å². The highest BCUT2D eigenvalue weighted by molar-refractivity contribution is 9.10. The first kappa shape index (κ1) is 23.5. The summed E-state index contributed by atoms with van der Waals surface area (Å²) in [5.41, 5.74) is 0.991. The van der Waals surface area contributed by atoms with E-state index in [4.69, 9.17) is 9.47 Å². The Morgan fingerprint density at radius 1 is 1.16 bits per heavy atom. The summed E-state index contributed by atoms with van der Waals surface area (Å²) in [5, 5.41) is 3.81. The molecule has 0 atom stereocenters. The standard InChI is InChI=1S/C22H24BrFN4O2.ClH/c1-28-9-7-14(8-10-28)13-30-16-4-5-17-20(12-16)26-22(29-2)27-21(17)25-19-6-3-15(23)11-18(19)24;/h3-6,11-12,14H,7-10,13H2,1-2H3,(H,25,26,27);1H. The van der Waals surface area contributed by atoms with E-state index in [1.807, 2.05) is 18.2 Å². The van der Waals surface area contributed by atoms with E-state index in [0.717, 1.165) is 37.1 Å². The number of nitrogens with zero attached hydrogens (tertiary/aromatic N) is 3. The molecule has 9 heteroatoms. The van der Waals surface area contributed by atoms with Gasteiger partial charge in [0.05, 0.1) is 24.9 Å². The number of halogens is 3. The van der Waals surface area contributed by atoms with Crippen LogP contribution in [-0.2, 0) is 0 Å². The van der Waals surface area contributed by atoms with Crippen LogP contribution in [0.4, 0.5) is 15.9 Å². The molecule has 1 fully saturated rings. The smallest absolute Gasteiger partial charge is 0.318 e. The average molecular weight is 512 g/mol. The normalized spacial score (nSPS) is 14.8. The van der Waals surface area contributed by atoms with Gasteiger partial charge in [0.25, 0.3) is 0 Å². The fourth-order valence-electron chi connectivity index (χ4n) is 3.53. The monoisotopic (exact) mass is 510 g/mol. The summed E-state index contributed by atoms with van der Waals surface area (Å²) >= 11 is 3.27. The van der Waals surface area contributed by atoms with Crippen molar-refractivity contribution in [2.75, 3.05) is 39.2 Å². The van der Waals surface area contributed by atoms with Crippen LogP contribution in [0.25, 0.3) is 10.9 Å². The van der Waals surface area contributed by atoms with Crippen LogP contribution in [0.5, 0.6) is 11.8 Å². The topological polar surface area (TPSA) is 59.5 Å². The number of likely N-dealkylation sites (tertiary alicyclic amines) is 1. The number of hydrogen-bond donors (Lipinski definition) is 1. The number of ether oxygens (including phenoxy) is 2. The molecule has 0 amide bonds. The first-order chi connectivity index (χ1) is 14.5. The van der Waals surface area contributed by atoms with E-state index in [0.29, 0.717) is 34.0 Å². The van der Waals surface area contributed by atoms with Gasteiger partial charge in [-0.05, 0) is 69.2 Å². The van der Waals surface area contributed by atoms with Gasteiger partial charge in [0.1, 0.15) is 17.4 Å². The molecule has 2 heterocycles. The van der Waals surface area contributed by atoms with Crippen molar-refractivity contribution < 1.29 is 13.9 Å². The maximum absolute atomic E-state index is 14.3. The maximum atomic E-state index is 14.3. The summed E-state index contributed by atoms with van der Waals surface area (Å²) < 4.78 is 26.3. The Morgan fingerprint density at radius 3 is 2.65 bits per heavy atom. The number of anilines is 2.